The van der Waals surface area contributed by atoms with E-state index < -0.39 is 10.0 Å². The molecule has 1 N–H and O–H groups in total. The fraction of sp³-hybridized carbons (Fsp3) is 0.0833. The van der Waals surface area contributed by atoms with Crippen molar-refractivity contribution in [2.75, 3.05) is 0 Å². The van der Waals surface area contributed by atoms with E-state index in [1.807, 2.05) is 6.07 Å². The highest BCUT2D eigenvalue weighted by atomic mass is 35.5. The molecule has 1 aromatic heterocycles. The van der Waals surface area contributed by atoms with E-state index in [4.69, 9.17) is 16.9 Å². The van der Waals surface area contributed by atoms with E-state index in [-0.39, 0.29) is 10.8 Å². The molecule has 0 atom stereocenters. The molecule has 1 heterocycles. The summed E-state index contributed by atoms with van der Waals surface area (Å²) in [5, 5.41) is 9.24. The molecule has 0 unspecified atom stereocenters. The number of sulfonamides is 1. The molecule has 19 heavy (non-hydrogen) atoms. The standard InChI is InChI=1S/C12H9ClN2O2S2/c13-10-3-1-2-9(6-10)8-15-19(16,17)12-5-4-11(7-14)18-12/h1-6,15H,8H2. The molecule has 0 radical (unpaired) electrons. The quantitative estimate of drug-likeness (QED) is 0.943. The van der Waals surface area contributed by atoms with Gasteiger partial charge in [-0.3, -0.25) is 0 Å². The summed E-state index contributed by atoms with van der Waals surface area (Å²) in [6, 6.07) is 11.8. The molecular formula is C12H9ClN2O2S2. The number of nitrogens with one attached hydrogen (secondary N) is 1. The lowest BCUT2D eigenvalue weighted by molar-refractivity contribution is 0.583. The smallest absolute Gasteiger partial charge is 0.206 e. The van der Waals surface area contributed by atoms with Crippen LogP contribution in [0.3, 0.4) is 0 Å². The van der Waals surface area contributed by atoms with Gasteiger partial charge in [-0.05, 0) is 29.8 Å². The van der Waals surface area contributed by atoms with Gasteiger partial charge in [-0.2, -0.15) is 5.26 Å². The summed E-state index contributed by atoms with van der Waals surface area (Å²) < 4.78 is 26.6. The van der Waals surface area contributed by atoms with Crippen molar-refractivity contribution in [2.24, 2.45) is 0 Å². The second-order valence-corrected chi connectivity index (χ2v) is 7.20. The number of benzene rings is 1. The van der Waals surface area contributed by atoms with E-state index in [9.17, 15) is 8.42 Å². The van der Waals surface area contributed by atoms with Crippen LogP contribution in [0.25, 0.3) is 0 Å². The fourth-order valence-electron chi connectivity index (χ4n) is 1.42. The molecule has 0 spiro atoms. The van der Waals surface area contributed by atoms with E-state index in [2.05, 4.69) is 4.72 Å². The Labute approximate surface area is 120 Å². The van der Waals surface area contributed by atoms with E-state index >= 15 is 0 Å². The highest BCUT2D eigenvalue weighted by molar-refractivity contribution is 7.91. The van der Waals surface area contributed by atoms with Crippen LogP contribution in [0.5, 0.6) is 0 Å². The molecule has 0 fully saturated rings. The van der Waals surface area contributed by atoms with Crippen LogP contribution >= 0.6 is 22.9 Å². The van der Waals surface area contributed by atoms with Gasteiger partial charge in [-0.1, -0.05) is 23.7 Å². The van der Waals surface area contributed by atoms with Gasteiger partial charge in [0.05, 0.1) is 0 Å². The van der Waals surface area contributed by atoms with Gasteiger partial charge in [-0.25, -0.2) is 13.1 Å². The molecule has 0 aliphatic carbocycles. The first-order valence-electron chi connectivity index (χ1n) is 5.25. The molecule has 7 heteroatoms. The summed E-state index contributed by atoms with van der Waals surface area (Å²) in [6.07, 6.45) is 0. The van der Waals surface area contributed by atoms with Crippen LogP contribution in [0.2, 0.25) is 5.02 Å². The van der Waals surface area contributed by atoms with Crippen LogP contribution in [-0.4, -0.2) is 8.42 Å². The van der Waals surface area contributed by atoms with E-state index in [0.717, 1.165) is 16.9 Å². The molecule has 2 aromatic rings. The predicted octanol–water partition coefficient (Wildman–Crippen LogP) is 2.75. The molecule has 0 amide bonds. The highest BCUT2D eigenvalue weighted by Crippen LogP contribution is 2.21. The Morgan fingerprint density at radius 2 is 2.11 bits per heavy atom. The molecule has 0 aliphatic rings. The Hall–Kier alpha value is -1.39. The topological polar surface area (TPSA) is 70.0 Å². The third-order valence-electron chi connectivity index (χ3n) is 2.31. The van der Waals surface area contributed by atoms with Crippen molar-refractivity contribution in [1.82, 2.24) is 4.72 Å². The highest BCUT2D eigenvalue weighted by Gasteiger charge is 2.16. The summed E-state index contributed by atoms with van der Waals surface area (Å²) >= 11 is 6.76. The van der Waals surface area contributed by atoms with Crippen molar-refractivity contribution >= 4 is 33.0 Å². The SMILES string of the molecule is N#Cc1ccc(S(=O)(=O)NCc2cccc(Cl)c2)s1. The molecule has 0 saturated heterocycles. The fourth-order valence-corrected chi connectivity index (χ4v) is 3.80. The van der Waals surface area contributed by atoms with Crippen LogP contribution in [0.15, 0.2) is 40.6 Å². The lowest BCUT2D eigenvalue weighted by Gasteiger charge is -2.05. The van der Waals surface area contributed by atoms with Gasteiger partial charge >= 0.3 is 0 Å². The minimum absolute atomic E-state index is 0.131. The van der Waals surface area contributed by atoms with Crippen LogP contribution < -0.4 is 4.72 Å². The Balaban J connectivity index is 2.12. The van der Waals surface area contributed by atoms with E-state index in [0.29, 0.717) is 9.90 Å². The molecule has 0 aliphatic heterocycles. The largest absolute Gasteiger partial charge is 0.250 e. The monoisotopic (exact) mass is 312 g/mol. The summed E-state index contributed by atoms with van der Waals surface area (Å²) in [5.41, 5.74) is 0.771. The minimum Gasteiger partial charge on any atom is -0.206 e. The second-order valence-electron chi connectivity index (χ2n) is 3.68. The Bertz CT molecular complexity index is 732. The van der Waals surface area contributed by atoms with Gasteiger partial charge in [0.2, 0.25) is 10.0 Å². The molecule has 4 nitrogen and oxygen atoms in total. The zero-order valence-corrected chi connectivity index (χ0v) is 12.0. The minimum atomic E-state index is -3.59. The molecule has 98 valence electrons. The number of halogens is 1. The number of thiophene rings is 1. The number of hydrogen-bond donors (Lipinski definition) is 1. The van der Waals surface area contributed by atoms with Gasteiger partial charge in [0, 0.05) is 11.6 Å². The number of hydrogen-bond acceptors (Lipinski definition) is 4. The average Bonchev–Trinajstić information content (AvgIpc) is 2.86. The van der Waals surface area contributed by atoms with Crippen molar-refractivity contribution in [3.63, 3.8) is 0 Å². The van der Waals surface area contributed by atoms with E-state index in [1.54, 1.807) is 24.3 Å². The maximum absolute atomic E-state index is 12.0. The van der Waals surface area contributed by atoms with Crippen molar-refractivity contribution in [3.05, 3.63) is 51.9 Å². The zero-order chi connectivity index (χ0) is 13.9. The maximum atomic E-state index is 12.0. The lowest BCUT2D eigenvalue weighted by atomic mass is 10.2. The van der Waals surface area contributed by atoms with Crippen LogP contribution in [0.1, 0.15) is 10.4 Å². The normalized spacial score (nSPS) is 11.2. The van der Waals surface area contributed by atoms with Crippen LogP contribution in [0, 0.1) is 11.3 Å². The summed E-state index contributed by atoms with van der Waals surface area (Å²) in [4.78, 5) is 0.364. The number of rotatable bonds is 4. The number of nitriles is 1. The first-order chi connectivity index (χ1) is 9.01. The Morgan fingerprint density at radius 3 is 2.74 bits per heavy atom. The third kappa shape index (κ3) is 3.55. The molecule has 0 bridgehead atoms. The average molecular weight is 313 g/mol. The van der Waals surface area contributed by atoms with Crippen molar-refractivity contribution in [2.45, 2.75) is 10.8 Å². The van der Waals surface area contributed by atoms with Crippen LogP contribution in [0.4, 0.5) is 0 Å². The van der Waals surface area contributed by atoms with E-state index in [1.165, 1.54) is 12.1 Å². The predicted molar refractivity (Wildman–Crippen MR) is 74.5 cm³/mol. The molecular weight excluding hydrogens is 304 g/mol. The molecule has 0 saturated carbocycles. The zero-order valence-electron chi connectivity index (χ0n) is 9.63. The summed E-state index contributed by atoms with van der Waals surface area (Å²) in [5.74, 6) is 0. The van der Waals surface area contributed by atoms with Gasteiger partial charge in [0.15, 0.2) is 0 Å². The van der Waals surface area contributed by atoms with Gasteiger partial charge < -0.3 is 0 Å². The van der Waals surface area contributed by atoms with Gasteiger partial charge in [0.25, 0.3) is 0 Å². The van der Waals surface area contributed by atoms with Crippen molar-refractivity contribution < 1.29 is 8.42 Å². The first kappa shape index (κ1) is 14.0. The third-order valence-corrected chi connectivity index (χ3v) is 5.43. The van der Waals surface area contributed by atoms with Gasteiger partial charge in [-0.15, -0.1) is 11.3 Å². The van der Waals surface area contributed by atoms with Gasteiger partial charge in [0.1, 0.15) is 15.2 Å². The van der Waals surface area contributed by atoms with Crippen molar-refractivity contribution in [1.29, 1.82) is 5.26 Å². The summed E-state index contributed by atoms with van der Waals surface area (Å²) in [6.45, 7) is 0.155. The molecule has 1 aromatic carbocycles. The van der Waals surface area contributed by atoms with Crippen LogP contribution in [-0.2, 0) is 16.6 Å². The molecule has 2 rings (SSSR count). The second kappa shape index (κ2) is 5.72. The summed E-state index contributed by atoms with van der Waals surface area (Å²) in [7, 11) is -3.59. The number of nitrogens with zero attached hydrogens (tertiary/aromatic N) is 1. The van der Waals surface area contributed by atoms with Crippen molar-refractivity contribution in [3.8, 4) is 6.07 Å². The Kier molecular flexibility index (Phi) is 4.22. The maximum Gasteiger partial charge on any atom is 0.250 e. The first-order valence-corrected chi connectivity index (χ1v) is 7.93. The lowest BCUT2D eigenvalue weighted by Crippen LogP contribution is -2.22. The Morgan fingerprint density at radius 1 is 1.32 bits per heavy atom.